The van der Waals surface area contributed by atoms with Crippen LogP contribution in [0.3, 0.4) is 0 Å². The van der Waals surface area contributed by atoms with Gasteiger partial charge < -0.3 is 14.2 Å². The molecule has 4 rings (SSSR count). The Morgan fingerprint density at radius 2 is 1.90 bits per heavy atom. The molecular formula is C22H22N4O4S. The van der Waals surface area contributed by atoms with E-state index in [9.17, 15) is 4.79 Å². The van der Waals surface area contributed by atoms with Crippen LogP contribution in [0.4, 0.5) is 0 Å². The zero-order valence-corrected chi connectivity index (χ0v) is 18.2. The normalized spacial score (nSPS) is 16.9. The second-order valence-corrected chi connectivity index (χ2v) is 7.60. The van der Waals surface area contributed by atoms with E-state index in [2.05, 4.69) is 11.9 Å². The molecule has 0 bridgehead atoms. The van der Waals surface area contributed by atoms with Crippen LogP contribution in [0.2, 0.25) is 0 Å². The number of nitrogens with zero attached hydrogens (tertiary/aromatic N) is 3. The van der Waals surface area contributed by atoms with Crippen LogP contribution < -0.4 is 30.1 Å². The molecule has 8 nitrogen and oxygen atoms in total. The van der Waals surface area contributed by atoms with Gasteiger partial charge in [-0.25, -0.2) is 5.01 Å². The standard InChI is InChI=1S/C22H22N4O4S/c1-5-12-31-22-24-21(27)17-13-8-6-7-9-15(13)23-20(26(17)25-22)14-10-11-16(28-2)19(30-4)18(14)29-3/h5-11,20H,1,12H2,2-4H3,(H,24,25,27)/t20-/m1/s1. The maximum Gasteiger partial charge on any atom is 0.276 e. The largest absolute Gasteiger partial charge is 0.493 e. The lowest BCUT2D eigenvalue weighted by Gasteiger charge is -2.34. The van der Waals surface area contributed by atoms with Crippen LogP contribution >= 0.6 is 11.8 Å². The summed E-state index contributed by atoms with van der Waals surface area (Å²) in [6, 6.07) is 11.1. The summed E-state index contributed by atoms with van der Waals surface area (Å²) < 4.78 is 16.6. The van der Waals surface area contributed by atoms with Gasteiger partial charge in [0.1, 0.15) is 5.70 Å². The zero-order valence-electron chi connectivity index (χ0n) is 17.4. The quantitative estimate of drug-likeness (QED) is 0.692. The molecule has 2 aromatic rings. The molecule has 0 fully saturated rings. The summed E-state index contributed by atoms with van der Waals surface area (Å²) in [6.45, 7) is 3.73. The summed E-state index contributed by atoms with van der Waals surface area (Å²) in [5, 5.41) is 11.1. The van der Waals surface area contributed by atoms with Gasteiger partial charge in [-0.05, 0) is 18.2 Å². The molecule has 2 aliphatic heterocycles. The molecule has 2 aliphatic rings. The van der Waals surface area contributed by atoms with Crippen molar-refractivity contribution in [1.29, 1.82) is 0 Å². The molecule has 1 N–H and O–H groups in total. The first-order chi connectivity index (χ1) is 15.1. The molecule has 2 aromatic carbocycles. The number of hydrogen-bond acceptors (Lipinski definition) is 8. The molecule has 2 heterocycles. The molecule has 0 aromatic heterocycles. The van der Waals surface area contributed by atoms with Crippen LogP contribution in [0.25, 0.3) is 5.70 Å². The molecule has 160 valence electrons. The van der Waals surface area contributed by atoms with Crippen molar-refractivity contribution in [3.05, 3.63) is 65.2 Å². The first-order valence-corrected chi connectivity index (χ1v) is 10.5. The molecule has 1 atom stereocenters. The minimum Gasteiger partial charge on any atom is -0.493 e. The van der Waals surface area contributed by atoms with Gasteiger partial charge in [-0.1, -0.05) is 36.0 Å². The van der Waals surface area contributed by atoms with E-state index >= 15 is 0 Å². The average molecular weight is 439 g/mol. The maximum absolute atomic E-state index is 13.1. The summed E-state index contributed by atoms with van der Waals surface area (Å²) >= 11 is 1.39. The molecule has 0 saturated carbocycles. The van der Waals surface area contributed by atoms with Gasteiger partial charge in [0, 0.05) is 16.5 Å². The number of methoxy groups -OCH3 is 3. The predicted molar refractivity (Wildman–Crippen MR) is 120 cm³/mol. The van der Waals surface area contributed by atoms with Gasteiger partial charge >= 0.3 is 0 Å². The number of amidine groups is 1. The third-order valence-corrected chi connectivity index (χ3v) is 5.73. The van der Waals surface area contributed by atoms with E-state index < -0.39 is 6.17 Å². The van der Waals surface area contributed by atoms with E-state index in [0.29, 0.717) is 50.0 Å². The van der Waals surface area contributed by atoms with E-state index in [-0.39, 0.29) is 5.91 Å². The monoisotopic (exact) mass is 438 g/mol. The van der Waals surface area contributed by atoms with Crippen molar-refractivity contribution in [3.63, 3.8) is 0 Å². The van der Waals surface area contributed by atoms with Crippen LogP contribution in [0.5, 0.6) is 17.2 Å². The van der Waals surface area contributed by atoms with Crippen molar-refractivity contribution >= 4 is 28.5 Å². The molecule has 0 aliphatic carbocycles. The third-order valence-electron chi connectivity index (χ3n) is 4.87. The second kappa shape index (κ2) is 8.73. The van der Waals surface area contributed by atoms with Gasteiger partial charge in [0.25, 0.3) is 5.91 Å². The fraction of sp³-hybridized carbons (Fsp3) is 0.227. The smallest absolute Gasteiger partial charge is 0.276 e. The first kappa shape index (κ1) is 20.8. The highest BCUT2D eigenvalue weighted by Crippen LogP contribution is 2.45. The molecule has 0 radical (unpaired) electrons. The summed E-state index contributed by atoms with van der Waals surface area (Å²) in [4.78, 5) is 18.0. The van der Waals surface area contributed by atoms with Gasteiger partial charge in [-0.15, -0.1) is 11.7 Å². The molecule has 9 heteroatoms. The second-order valence-electron chi connectivity index (χ2n) is 6.60. The van der Waals surface area contributed by atoms with E-state index in [0.717, 1.165) is 0 Å². The van der Waals surface area contributed by atoms with E-state index in [1.54, 1.807) is 38.5 Å². The van der Waals surface area contributed by atoms with Gasteiger partial charge in [0.05, 0.1) is 26.7 Å². The SMILES string of the molecule is C=CCSC1=NN2C(=c3ccccc3=N[C@H]2c2ccc(OC)c(OC)c2OC)C(=O)N1. The lowest BCUT2D eigenvalue weighted by atomic mass is 10.1. The number of hydrogen-bond donors (Lipinski definition) is 1. The molecular weight excluding hydrogens is 416 g/mol. The van der Waals surface area contributed by atoms with Crippen LogP contribution in [-0.2, 0) is 4.79 Å². The molecule has 31 heavy (non-hydrogen) atoms. The van der Waals surface area contributed by atoms with Crippen LogP contribution in [0, 0.1) is 0 Å². The van der Waals surface area contributed by atoms with E-state index in [4.69, 9.17) is 24.3 Å². The lowest BCUT2D eigenvalue weighted by Crippen LogP contribution is -2.50. The Bertz CT molecular complexity index is 1190. The number of ether oxygens (including phenoxy) is 3. The minimum atomic E-state index is -0.634. The van der Waals surface area contributed by atoms with Crippen molar-refractivity contribution in [2.45, 2.75) is 6.17 Å². The lowest BCUT2D eigenvalue weighted by molar-refractivity contribution is -0.116. The number of carbonyl (C=O) groups excluding carboxylic acids is 1. The number of hydrazone groups is 1. The molecule has 0 spiro atoms. The van der Waals surface area contributed by atoms with Crippen LogP contribution in [0.1, 0.15) is 11.7 Å². The minimum absolute atomic E-state index is 0.242. The summed E-state index contributed by atoms with van der Waals surface area (Å²) in [5.41, 5.74) is 1.12. The van der Waals surface area contributed by atoms with Crippen molar-refractivity contribution in [2.24, 2.45) is 10.1 Å². The van der Waals surface area contributed by atoms with Crippen LogP contribution in [-0.4, -0.2) is 43.2 Å². The van der Waals surface area contributed by atoms with Gasteiger partial charge in [-0.3, -0.25) is 15.1 Å². The Balaban J connectivity index is 1.96. The summed E-state index contributed by atoms with van der Waals surface area (Å²) in [5.74, 6) is 1.82. The van der Waals surface area contributed by atoms with Crippen molar-refractivity contribution in [1.82, 2.24) is 10.3 Å². The van der Waals surface area contributed by atoms with Gasteiger partial charge in [0.15, 0.2) is 22.8 Å². The maximum atomic E-state index is 13.1. The number of amides is 1. The molecule has 0 saturated heterocycles. The Hall–Kier alpha value is -3.46. The first-order valence-electron chi connectivity index (χ1n) is 9.51. The number of fused-ring (bicyclic) bond motifs is 2. The topological polar surface area (TPSA) is 84.8 Å². The zero-order chi connectivity index (χ0) is 22.0. The van der Waals surface area contributed by atoms with E-state index in [1.807, 2.05) is 30.3 Å². The van der Waals surface area contributed by atoms with Crippen molar-refractivity contribution in [2.75, 3.05) is 27.1 Å². The van der Waals surface area contributed by atoms with Gasteiger partial charge in [0.2, 0.25) is 5.75 Å². The fourth-order valence-electron chi connectivity index (χ4n) is 3.56. The Kier molecular flexibility index (Phi) is 5.85. The number of carbonyl (C=O) groups is 1. The average Bonchev–Trinajstić information content (AvgIpc) is 2.80. The number of para-hydroxylation sites is 1. The highest BCUT2D eigenvalue weighted by atomic mass is 32.2. The van der Waals surface area contributed by atoms with E-state index in [1.165, 1.54) is 11.8 Å². The van der Waals surface area contributed by atoms with Crippen molar-refractivity contribution < 1.29 is 19.0 Å². The summed E-state index contributed by atoms with van der Waals surface area (Å²) in [6.07, 6.45) is 1.12. The number of nitrogens with one attached hydrogen (secondary N) is 1. The molecule has 0 unspecified atom stereocenters. The van der Waals surface area contributed by atoms with Crippen LogP contribution in [0.15, 0.2) is 59.1 Å². The third kappa shape index (κ3) is 3.61. The predicted octanol–water partition coefficient (Wildman–Crippen LogP) is 1.77. The Morgan fingerprint density at radius 1 is 1.13 bits per heavy atom. The molecule has 1 amide bonds. The fourth-order valence-corrected chi connectivity index (χ4v) is 4.15. The highest BCUT2D eigenvalue weighted by molar-refractivity contribution is 8.14. The van der Waals surface area contributed by atoms with Crippen molar-refractivity contribution in [3.8, 4) is 17.2 Å². The van der Waals surface area contributed by atoms with Gasteiger partial charge in [-0.2, -0.15) is 0 Å². The number of thioether (sulfide) groups is 1. The number of benzene rings is 2. The Morgan fingerprint density at radius 3 is 2.61 bits per heavy atom. The number of rotatable bonds is 6. The summed E-state index contributed by atoms with van der Waals surface area (Å²) in [7, 11) is 4.66. The highest BCUT2D eigenvalue weighted by Gasteiger charge is 2.36. The Labute approximate surface area is 183 Å².